The summed E-state index contributed by atoms with van der Waals surface area (Å²) >= 11 is 0. The molecule has 0 spiro atoms. The summed E-state index contributed by atoms with van der Waals surface area (Å²) in [5.41, 5.74) is 1.04. The predicted octanol–water partition coefficient (Wildman–Crippen LogP) is 1.70. The van der Waals surface area contributed by atoms with E-state index >= 15 is 0 Å². The Balaban J connectivity index is 2.54. The molecule has 0 bridgehead atoms. The SMILES string of the molecule is CCCN(CC(=O)O)C(=O)COc1cccc(C)c1. The molecule has 0 aliphatic heterocycles. The minimum atomic E-state index is -1.02. The van der Waals surface area contributed by atoms with Gasteiger partial charge in [-0.3, -0.25) is 9.59 Å². The molecule has 0 radical (unpaired) electrons. The van der Waals surface area contributed by atoms with Crippen molar-refractivity contribution in [2.24, 2.45) is 0 Å². The summed E-state index contributed by atoms with van der Waals surface area (Å²) in [6, 6.07) is 7.37. The van der Waals surface area contributed by atoms with E-state index in [-0.39, 0.29) is 19.1 Å². The molecule has 0 atom stereocenters. The number of aliphatic carboxylic acids is 1. The number of amides is 1. The zero-order valence-electron chi connectivity index (χ0n) is 11.3. The monoisotopic (exact) mass is 265 g/mol. The van der Waals surface area contributed by atoms with Crippen LogP contribution in [-0.2, 0) is 9.59 Å². The van der Waals surface area contributed by atoms with Gasteiger partial charge in [-0.15, -0.1) is 0 Å². The van der Waals surface area contributed by atoms with Gasteiger partial charge >= 0.3 is 5.97 Å². The highest BCUT2D eigenvalue weighted by Crippen LogP contribution is 2.12. The molecule has 0 aromatic heterocycles. The first kappa shape index (κ1) is 15.0. The summed E-state index contributed by atoms with van der Waals surface area (Å²) < 4.78 is 5.37. The van der Waals surface area contributed by atoms with Gasteiger partial charge in [0.15, 0.2) is 6.61 Å². The van der Waals surface area contributed by atoms with Crippen molar-refractivity contribution in [3.8, 4) is 5.75 Å². The molecule has 104 valence electrons. The van der Waals surface area contributed by atoms with Gasteiger partial charge in [-0.2, -0.15) is 0 Å². The van der Waals surface area contributed by atoms with Gasteiger partial charge in [0.2, 0.25) is 0 Å². The van der Waals surface area contributed by atoms with E-state index in [4.69, 9.17) is 9.84 Å². The quantitative estimate of drug-likeness (QED) is 0.814. The Hall–Kier alpha value is -2.04. The standard InChI is InChI=1S/C14H19NO4/c1-3-7-15(9-14(17)18)13(16)10-19-12-6-4-5-11(2)8-12/h4-6,8H,3,7,9-10H2,1-2H3,(H,17,18). The van der Waals surface area contributed by atoms with Gasteiger partial charge < -0.3 is 14.7 Å². The predicted molar refractivity (Wildman–Crippen MR) is 71.2 cm³/mol. The van der Waals surface area contributed by atoms with Gasteiger partial charge in [-0.05, 0) is 31.0 Å². The lowest BCUT2D eigenvalue weighted by molar-refractivity contribution is -0.145. The maximum Gasteiger partial charge on any atom is 0.323 e. The minimum Gasteiger partial charge on any atom is -0.484 e. The third-order valence-corrected chi connectivity index (χ3v) is 2.52. The average Bonchev–Trinajstić information content (AvgIpc) is 2.35. The molecular weight excluding hydrogens is 246 g/mol. The zero-order chi connectivity index (χ0) is 14.3. The highest BCUT2D eigenvalue weighted by molar-refractivity contribution is 5.82. The molecule has 5 heteroatoms. The van der Waals surface area contributed by atoms with Crippen molar-refractivity contribution in [2.45, 2.75) is 20.3 Å². The Labute approximate surface area is 112 Å². The second-order valence-electron chi connectivity index (χ2n) is 4.31. The molecule has 5 nitrogen and oxygen atoms in total. The van der Waals surface area contributed by atoms with Crippen LogP contribution < -0.4 is 4.74 Å². The molecule has 0 aliphatic carbocycles. The highest BCUT2D eigenvalue weighted by Gasteiger charge is 2.16. The average molecular weight is 265 g/mol. The van der Waals surface area contributed by atoms with Crippen LogP contribution in [0.25, 0.3) is 0 Å². The number of nitrogens with zero attached hydrogens (tertiary/aromatic N) is 1. The second kappa shape index (κ2) is 7.41. The minimum absolute atomic E-state index is 0.142. The fraction of sp³-hybridized carbons (Fsp3) is 0.429. The van der Waals surface area contributed by atoms with Crippen LogP contribution in [0, 0.1) is 6.92 Å². The normalized spacial score (nSPS) is 10.0. The third kappa shape index (κ3) is 5.42. The summed E-state index contributed by atoms with van der Waals surface area (Å²) in [7, 11) is 0. The Bertz CT molecular complexity index is 445. The zero-order valence-corrected chi connectivity index (χ0v) is 11.3. The lowest BCUT2D eigenvalue weighted by Crippen LogP contribution is -2.39. The van der Waals surface area contributed by atoms with Crippen LogP contribution in [0.3, 0.4) is 0 Å². The fourth-order valence-electron chi connectivity index (χ4n) is 1.67. The number of hydrogen-bond donors (Lipinski definition) is 1. The van der Waals surface area contributed by atoms with E-state index in [2.05, 4.69) is 0 Å². The summed E-state index contributed by atoms with van der Waals surface area (Å²) in [5.74, 6) is -0.719. The van der Waals surface area contributed by atoms with Crippen LogP contribution in [0.1, 0.15) is 18.9 Å². The summed E-state index contributed by atoms with van der Waals surface area (Å²) in [4.78, 5) is 23.8. The number of carboxylic acid groups (broad SMARTS) is 1. The molecule has 1 amide bonds. The van der Waals surface area contributed by atoms with Gasteiger partial charge in [0, 0.05) is 6.54 Å². The summed E-state index contributed by atoms with van der Waals surface area (Å²) in [5, 5.41) is 8.75. The fourth-order valence-corrected chi connectivity index (χ4v) is 1.67. The van der Waals surface area contributed by atoms with Gasteiger partial charge in [0.1, 0.15) is 12.3 Å². The number of aryl methyl sites for hydroxylation is 1. The van der Waals surface area contributed by atoms with Crippen molar-refractivity contribution in [1.82, 2.24) is 4.90 Å². The maximum atomic E-state index is 11.9. The maximum absolute atomic E-state index is 11.9. The molecular formula is C14H19NO4. The van der Waals surface area contributed by atoms with Gasteiger partial charge in [0.25, 0.3) is 5.91 Å². The van der Waals surface area contributed by atoms with E-state index in [0.717, 1.165) is 5.56 Å². The van der Waals surface area contributed by atoms with E-state index < -0.39 is 5.97 Å². The van der Waals surface area contributed by atoms with Crippen molar-refractivity contribution in [3.63, 3.8) is 0 Å². The molecule has 0 unspecified atom stereocenters. The number of benzene rings is 1. The van der Waals surface area contributed by atoms with Gasteiger partial charge in [0.05, 0.1) is 0 Å². The molecule has 1 aromatic carbocycles. The van der Waals surface area contributed by atoms with Crippen LogP contribution in [-0.4, -0.2) is 41.6 Å². The topological polar surface area (TPSA) is 66.8 Å². The molecule has 1 rings (SSSR count). The number of carboxylic acids is 1. The number of carbonyl (C=O) groups is 2. The van der Waals surface area contributed by atoms with Crippen molar-refractivity contribution >= 4 is 11.9 Å². The van der Waals surface area contributed by atoms with E-state index in [1.165, 1.54) is 4.90 Å². The Kier molecular flexibility index (Phi) is 5.85. The largest absolute Gasteiger partial charge is 0.484 e. The van der Waals surface area contributed by atoms with E-state index in [1.807, 2.05) is 32.0 Å². The van der Waals surface area contributed by atoms with Crippen LogP contribution in [0.15, 0.2) is 24.3 Å². The third-order valence-electron chi connectivity index (χ3n) is 2.52. The lowest BCUT2D eigenvalue weighted by Gasteiger charge is -2.20. The molecule has 19 heavy (non-hydrogen) atoms. The van der Waals surface area contributed by atoms with Crippen LogP contribution in [0.5, 0.6) is 5.75 Å². The Morgan fingerprint density at radius 3 is 2.68 bits per heavy atom. The Morgan fingerprint density at radius 2 is 2.11 bits per heavy atom. The van der Waals surface area contributed by atoms with Crippen molar-refractivity contribution in [2.75, 3.05) is 19.7 Å². The lowest BCUT2D eigenvalue weighted by atomic mass is 10.2. The molecule has 1 N–H and O–H groups in total. The molecule has 1 aromatic rings. The first-order valence-corrected chi connectivity index (χ1v) is 6.22. The first-order valence-electron chi connectivity index (χ1n) is 6.22. The summed E-state index contributed by atoms with van der Waals surface area (Å²) in [6.07, 6.45) is 0.712. The second-order valence-corrected chi connectivity index (χ2v) is 4.31. The smallest absolute Gasteiger partial charge is 0.323 e. The van der Waals surface area contributed by atoms with Crippen molar-refractivity contribution in [1.29, 1.82) is 0 Å². The van der Waals surface area contributed by atoms with Gasteiger partial charge in [-0.25, -0.2) is 0 Å². The van der Waals surface area contributed by atoms with Crippen molar-refractivity contribution < 1.29 is 19.4 Å². The highest BCUT2D eigenvalue weighted by atomic mass is 16.5. The number of hydrogen-bond acceptors (Lipinski definition) is 3. The molecule has 0 aliphatic rings. The number of carbonyl (C=O) groups excluding carboxylic acids is 1. The van der Waals surface area contributed by atoms with Crippen LogP contribution in [0.4, 0.5) is 0 Å². The molecule has 0 saturated heterocycles. The van der Waals surface area contributed by atoms with Gasteiger partial charge in [-0.1, -0.05) is 19.1 Å². The summed E-state index contributed by atoms with van der Waals surface area (Å²) in [6.45, 7) is 3.81. The van der Waals surface area contributed by atoms with Crippen LogP contribution in [0.2, 0.25) is 0 Å². The molecule has 0 heterocycles. The first-order chi connectivity index (χ1) is 9.02. The van der Waals surface area contributed by atoms with E-state index in [1.54, 1.807) is 6.07 Å². The van der Waals surface area contributed by atoms with Crippen LogP contribution >= 0.6 is 0 Å². The number of ether oxygens (including phenoxy) is 1. The number of rotatable bonds is 7. The molecule has 0 saturated carbocycles. The van der Waals surface area contributed by atoms with Crippen molar-refractivity contribution in [3.05, 3.63) is 29.8 Å². The van der Waals surface area contributed by atoms with E-state index in [9.17, 15) is 9.59 Å². The molecule has 0 fully saturated rings. The van der Waals surface area contributed by atoms with E-state index in [0.29, 0.717) is 18.7 Å². The Morgan fingerprint density at radius 1 is 1.37 bits per heavy atom.